The maximum Gasteiger partial charge on any atom is 0.343 e. The van der Waals surface area contributed by atoms with E-state index in [2.05, 4.69) is 4.98 Å². The molecule has 0 spiro atoms. The number of pyridine rings is 1. The Labute approximate surface area is 144 Å². The molecule has 0 aliphatic heterocycles. The highest BCUT2D eigenvalue weighted by Gasteiger charge is 2.16. The van der Waals surface area contributed by atoms with Gasteiger partial charge in [-0.2, -0.15) is 0 Å². The molecule has 1 aromatic heterocycles. The number of aromatic nitrogens is 1. The Kier molecular flexibility index (Phi) is 4.70. The molecule has 0 bridgehead atoms. The lowest BCUT2D eigenvalue weighted by Gasteiger charge is -2.12. The molecule has 1 heterocycles. The molecule has 3 rings (SSSR count). The van der Waals surface area contributed by atoms with Gasteiger partial charge in [0.15, 0.2) is 0 Å². The number of nitrogens with zero attached hydrogens (tertiary/aromatic N) is 1. The van der Waals surface area contributed by atoms with Crippen molar-refractivity contribution in [1.29, 1.82) is 0 Å². The highest BCUT2D eigenvalue weighted by atomic mass is 16.5. The Morgan fingerprint density at radius 1 is 0.840 bits per heavy atom. The van der Waals surface area contributed by atoms with Crippen LogP contribution in [0.4, 0.5) is 0 Å². The van der Waals surface area contributed by atoms with E-state index in [-0.39, 0.29) is 0 Å². The second-order valence-electron chi connectivity index (χ2n) is 5.15. The van der Waals surface area contributed by atoms with Crippen molar-refractivity contribution in [2.24, 2.45) is 0 Å². The maximum atomic E-state index is 12.4. The SMILES string of the molecule is COc1ccc(C(=O)Oc2ccnc3cc(OC)cc(OC)c23)cc1. The Balaban J connectivity index is 1.99. The average molecular weight is 339 g/mol. The smallest absolute Gasteiger partial charge is 0.343 e. The summed E-state index contributed by atoms with van der Waals surface area (Å²) in [6, 6.07) is 11.8. The molecule has 128 valence electrons. The number of esters is 1. The van der Waals surface area contributed by atoms with Crippen LogP contribution >= 0.6 is 0 Å². The van der Waals surface area contributed by atoms with E-state index >= 15 is 0 Å². The molecule has 0 atom stereocenters. The Bertz CT molecular complexity index is 906. The third kappa shape index (κ3) is 3.33. The zero-order valence-corrected chi connectivity index (χ0v) is 14.1. The van der Waals surface area contributed by atoms with E-state index in [0.717, 1.165) is 0 Å². The van der Waals surface area contributed by atoms with Crippen molar-refractivity contribution in [3.63, 3.8) is 0 Å². The van der Waals surface area contributed by atoms with Gasteiger partial charge in [-0.15, -0.1) is 0 Å². The Morgan fingerprint density at radius 2 is 1.56 bits per heavy atom. The van der Waals surface area contributed by atoms with Gasteiger partial charge in [-0.05, 0) is 24.3 Å². The van der Waals surface area contributed by atoms with Crippen LogP contribution in [0.1, 0.15) is 10.4 Å². The molecular formula is C19H17NO5. The Morgan fingerprint density at radius 3 is 2.20 bits per heavy atom. The first-order chi connectivity index (χ1) is 12.2. The molecule has 0 amide bonds. The minimum Gasteiger partial charge on any atom is -0.497 e. The van der Waals surface area contributed by atoms with Crippen molar-refractivity contribution in [2.75, 3.05) is 21.3 Å². The van der Waals surface area contributed by atoms with Crippen molar-refractivity contribution in [3.05, 3.63) is 54.2 Å². The van der Waals surface area contributed by atoms with Crippen LogP contribution in [0.2, 0.25) is 0 Å². The molecule has 0 saturated carbocycles. The number of fused-ring (bicyclic) bond motifs is 1. The Hall–Kier alpha value is -3.28. The summed E-state index contributed by atoms with van der Waals surface area (Å²) in [7, 11) is 4.67. The van der Waals surface area contributed by atoms with Crippen molar-refractivity contribution in [1.82, 2.24) is 4.98 Å². The van der Waals surface area contributed by atoms with Gasteiger partial charge in [0, 0.05) is 24.4 Å². The van der Waals surface area contributed by atoms with Crippen molar-refractivity contribution in [3.8, 4) is 23.0 Å². The predicted octanol–water partition coefficient (Wildman–Crippen LogP) is 3.48. The summed E-state index contributed by atoms with van der Waals surface area (Å²) >= 11 is 0. The van der Waals surface area contributed by atoms with Crippen molar-refractivity contribution >= 4 is 16.9 Å². The zero-order chi connectivity index (χ0) is 17.8. The van der Waals surface area contributed by atoms with E-state index in [9.17, 15) is 4.79 Å². The normalized spacial score (nSPS) is 10.4. The summed E-state index contributed by atoms with van der Waals surface area (Å²) in [5.74, 6) is 1.67. The molecule has 6 heteroatoms. The lowest BCUT2D eigenvalue weighted by Crippen LogP contribution is -2.09. The van der Waals surface area contributed by atoms with Crippen LogP contribution in [-0.4, -0.2) is 32.3 Å². The highest BCUT2D eigenvalue weighted by molar-refractivity contribution is 5.97. The topological polar surface area (TPSA) is 66.9 Å². The highest BCUT2D eigenvalue weighted by Crippen LogP contribution is 2.36. The number of carbonyl (C=O) groups excluding carboxylic acids is 1. The first-order valence-electron chi connectivity index (χ1n) is 7.53. The monoisotopic (exact) mass is 339 g/mol. The number of hydrogen-bond donors (Lipinski definition) is 0. The maximum absolute atomic E-state index is 12.4. The minimum atomic E-state index is -0.479. The quantitative estimate of drug-likeness (QED) is 0.663. The predicted molar refractivity (Wildman–Crippen MR) is 92.8 cm³/mol. The van der Waals surface area contributed by atoms with Gasteiger partial charge in [0.05, 0.1) is 37.8 Å². The van der Waals surface area contributed by atoms with Crippen LogP contribution in [-0.2, 0) is 0 Å². The van der Waals surface area contributed by atoms with Gasteiger partial charge in [-0.25, -0.2) is 4.79 Å². The van der Waals surface area contributed by atoms with E-state index in [1.807, 2.05) is 0 Å². The fourth-order valence-electron chi connectivity index (χ4n) is 2.44. The van der Waals surface area contributed by atoms with Gasteiger partial charge in [0.25, 0.3) is 0 Å². The second-order valence-corrected chi connectivity index (χ2v) is 5.15. The van der Waals surface area contributed by atoms with Gasteiger partial charge < -0.3 is 18.9 Å². The van der Waals surface area contributed by atoms with E-state index < -0.39 is 5.97 Å². The summed E-state index contributed by atoms with van der Waals surface area (Å²) < 4.78 is 21.3. The number of methoxy groups -OCH3 is 3. The fraction of sp³-hybridized carbons (Fsp3) is 0.158. The number of hydrogen-bond acceptors (Lipinski definition) is 6. The molecule has 2 aromatic carbocycles. The second kappa shape index (κ2) is 7.09. The van der Waals surface area contributed by atoms with Crippen LogP contribution in [0.3, 0.4) is 0 Å². The summed E-state index contributed by atoms with van der Waals surface area (Å²) in [6.45, 7) is 0. The number of carbonyl (C=O) groups is 1. The first kappa shape index (κ1) is 16.6. The molecule has 0 unspecified atom stereocenters. The number of rotatable bonds is 5. The van der Waals surface area contributed by atoms with Crippen LogP contribution in [0.5, 0.6) is 23.0 Å². The number of ether oxygens (including phenoxy) is 4. The summed E-state index contributed by atoms with van der Waals surface area (Å²) in [5, 5.41) is 0.604. The van der Waals surface area contributed by atoms with Gasteiger partial charge in [-0.3, -0.25) is 4.98 Å². The van der Waals surface area contributed by atoms with Crippen molar-refractivity contribution in [2.45, 2.75) is 0 Å². The molecule has 6 nitrogen and oxygen atoms in total. The summed E-state index contributed by atoms with van der Waals surface area (Å²) in [4.78, 5) is 16.7. The lowest BCUT2D eigenvalue weighted by atomic mass is 10.1. The molecule has 0 saturated heterocycles. The molecular weight excluding hydrogens is 322 g/mol. The van der Waals surface area contributed by atoms with Crippen LogP contribution in [0.25, 0.3) is 10.9 Å². The van der Waals surface area contributed by atoms with E-state index in [1.54, 1.807) is 62.9 Å². The lowest BCUT2D eigenvalue weighted by molar-refractivity contribution is 0.0737. The molecule has 0 radical (unpaired) electrons. The summed E-state index contributed by atoms with van der Waals surface area (Å²) in [5.41, 5.74) is 1.02. The van der Waals surface area contributed by atoms with Gasteiger partial charge >= 0.3 is 5.97 Å². The zero-order valence-electron chi connectivity index (χ0n) is 14.1. The van der Waals surface area contributed by atoms with E-state index in [0.29, 0.717) is 39.5 Å². The van der Waals surface area contributed by atoms with E-state index in [4.69, 9.17) is 18.9 Å². The van der Waals surface area contributed by atoms with Gasteiger partial charge in [0.2, 0.25) is 0 Å². The molecule has 0 N–H and O–H groups in total. The first-order valence-corrected chi connectivity index (χ1v) is 7.53. The molecule has 3 aromatic rings. The van der Waals surface area contributed by atoms with Crippen LogP contribution < -0.4 is 18.9 Å². The molecule has 0 fully saturated rings. The molecule has 0 aliphatic carbocycles. The standard InChI is InChI=1S/C19H17NO5/c1-22-13-6-4-12(5-7-13)19(21)25-16-8-9-20-15-10-14(23-2)11-17(24-3)18(15)16/h4-11H,1-3H3. The third-order valence-electron chi connectivity index (χ3n) is 3.72. The van der Waals surface area contributed by atoms with Crippen molar-refractivity contribution < 1.29 is 23.7 Å². The van der Waals surface area contributed by atoms with E-state index in [1.165, 1.54) is 7.11 Å². The fourth-order valence-corrected chi connectivity index (χ4v) is 2.44. The van der Waals surface area contributed by atoms with Crippen LogP contribution in [0.15, 0.2) is 48.7 Å². The summed E-state index contributed by atoms with van der Waals surface area (Å²) in [6.07, 6.45) is 1.57. The van der Waals surface area contributed by atoms with Crippen LogP contribution in [0, 0.1) is 0 Å². The molecule has 0 aliphatic rings. The average Bonchev–Trinajstić information content (AvgIpc) is 2.67. The van der Waals surface area contributed by atoms with Gasteiger partial charge in [-0.1, -0.05) is 0 Å². The minimum absolute atomic E-state index is 0.366. The largest absolute Gasteiger partial charge is 0.497 e. The molecule has 25 heavy (non-hydrogen) atoms. The number of benzene rings is 2. The third-order valence-corrected chi connectivity index (χ3v) is 3.72. The van der Waals surface area contributed by atoms with Gasteiger partial charge in [0.1, 0.15) is 23.0 Å².